The van der Waals surface area contributed by atoms with Crippen LogP contribution < -0.4 is 4.74 Å². The number of likely N-dealkylation sites (tertiary alicyclic amines) is 1. The largest absolute Gasteiger partial charge is 0.467 e. The molecule has 1 fully saturated rings. The summed E-state index contributed by atoms with van der Waals surface area (Å²) in [5.74, 6) is -1.32. The Morgan fingerprint density at radius 2 is 1.97 bits per heavy atom. The third kappa shape index (κ3) is 3.56. The number of benzene rings is 2. The summed E-state index contributed by atoms with van der Waals surface area (Å²) >= 11 is 2.64. The lowest BCUT2D eigenvalue weighted by Gasteiger charge is -2.31. The molecule has 5 rings (SSSR count). The standard InChI is InChI=1S/C20H15F2N3O2S2/c21-12-8-14(22)18-17(9-12)29-20(24-18)27-13-3-5-25(6-4-13)19(26)11-1-2-15-16(7-11)28-10-23-15/h1-2,7-10,13H,3-6H2. The van der Waals surface area contributed by atoms with Crippen molar-refractivity contribution in [2.75, 3.05) is 13.1 Å². The third-order valence-corrected chi connectivity index (χ3v) is 6.65. The summed E-state index contributed by atoms with van der Waals surface area (Å²) in [6.45, 7) is 1.14. The van der Waals surface area contributed by atoms with E-state index in [1.807, 2.05) is 23.1 Å². The fraction of sp³-hybridized carbons (Fsp3) is 0.250. The molecule has 2 aromatic heterocycles. The van der Waals surface area contributed by atoms with Crippen LogP contribution in [-0.4, -0.2) is 40.0 Å². The van der Waals surface area contributed by atoms with Crippen LogP contribution in [0.1, 0.15) is 23.2 Å². The van der Waals surface area contributed by atoms with Crippen LogP contribution in [0.2, 0.25) is 0 Å². The minimum atomic E-state index is -0.690. The Morgan fingerprint density at radius 3 is 2.79 bits per heavy atom. The van der Waals surface area contributed by atoms with Gasteiger partial charge in [-0.3, -0.25) is 4.79 Å². The Morgan fingerprint density at radius 1 is 1.14 bits per heavy atom. The molecule has 1 aliphatic heterocycles. The highest BCUT2D eigenvalue weighted by atomic mass is 32.1. The first-order valence-corrected chi connectivity index (χ1v) is 10.8. The summed E-state index contributed by atoms with van der Waals surface area (Å²) in [6.07, 6.45) is 1.19. The Kier molecular flexibility index (Phi) is 4.63. The second-order valence-electron chi connectivity index (χ2n) is 6.86. The summed E-state index contributed by atoms with van der Waals surface area (Å²) in [5, 5.41) is 0.324. The molecule has 148 valence electrons. The molecule has 0 saturated carbocycles. The highest BCUT2D eigenvalue weighted by Crippen LogP contribution is 2.32. The number of piperidine rings is 1. The normalized spacial score (nSPS) is 15.3. The molecule has 29 heavy (non-hydrogen) atoms. The van der Waals surface area contributed by atoms with Crippen LogP contribution in [0, 0.1) is 11.6 Å². The van der Waals surface area contributed by atoms with Gasteiger partial charge in [0.15, 0.2) is 5.82 Å². The van der Waals surface area contributed by atoms with E-state index in [1.54, 1.807) is 5.51 Å². The van der Waals surface area contributed by atoms with Crippen LogP contribution in [0.3, 0.4) is 0 Å². The minimum absolute atomic E-state index is 0.00344. The van der Waals surface area contributed by atoms with Crippen molar-refractivity contribution in [1.29, 1.82) is 0 Å². The van der Waals surface area contributed by atoms with Crippen molar-refractivity contribution in [2.24, 2.45) is 0 Å². The quantitative estimate of drug-likeness (QED) is 0.465. The molecule has 0 radical (unpaired) electrons. The van der Waals surface area contributed by atoms with Crippen molar-refractivity contribution >= 4 is 49.0 Å². The molecule has 1 saturated heterocycles. The van der Waals surface area contributed by atoms with E-state index in [0.717, 1.165) is 27.6 Å². The van der Waals surface area contributed by atoms with E-state index in [4.69, 9.17) is 4.74 Å². The Hall–Kier alpha value is -2.65. The number of carbonyl (C=O) groups excluding carboxylic acids is 1. The third-order valence-electron chi connectivity index (χ3n) is 4.97. The summed E-state index contributed by atoms with van der Waals surface area (Å²) in [7, 11) is 0. The fourth-order valence-corrected chi connectivity index (χ4v) is 5.11. The highest BCUT2D eigenvalue weighted by Gasteiger charge is 2.26. The van der Waals surface area contributed by atoms with Gasteiger partial charge >= 0.3 is 0 Å². The maximum Gasteiger partial charge on any atom is 0.274 e. The van der Waals surface area contributed by atoms with Gasteiger partial charge in [0.2, 0.25) is 0 Å². The van der Waals surface area contributed by atoms with E-state index >= 15 is 0 Å². The summed E-state index contributed by atoms with van der Waals surface area (Å²) in [4.78, 5) is 23.0. The molecule has 5 nitrogen and oxygen atoms in total. The van der Waals surface area contributed by atoms with Gasteiger partial charge in [-0.15, -0.1) is 11.3 Å². The lowest BCUT2D eigenvalue weighted by atomic mass is 10.1. The maximum atomic E-state index is 13.8. The topological polar surface area (TPSA) is 55.3 Å². The van der Waals surface area contributed by atoms with Crippen LogP contribution in [0.4, 0.5) is 8.78 Å². The molecule has 0 spiro atoms. The molecule has 2 aromatic carbocycles. The lowest BCUT2D eigenvalue weighted by Crippen LogP contribution is -2.41. The van der Waals surface area contributed by atoms with E-state index in [-0.39, 0.29) is 17.5 Å². The minimum Gasteiger partial charge on any atom is -0.467 e. The van der Waals surface area contributed by atoms with Gasteiger partial charge in [-0.25, -0.2) is 13.8 Å². The smallest absolute Gasteiger partial charge is 0.274 e. The lowest BCUT2D eigenvalue weighted by molar-refractivity contribution is 0.0595. The Labute approximate surface area is 172 Å². The molecule has 0 aliphatic carbocycles. The SMILES string of the molecule is O=C(c1ccc2ncsc2c1)N1CCC(Oc2nc3c(F)cc(F)cc3s2)CC1. The molecule has 0 atom stereocenters. The highest BCUT2D eigenvalue weighted by molar-refractivity contribution is 7.20. The van der Waals surface area contributed by atoms with Gasteiger partial charge in [0.05, 0.1) is 20.4 Å². The number of amides is 1. The molecule has 1 amide bonds. The predicted octanol–water partition coefficient (Wildman–Crippen LogP) is 4.87. The number of aromatic nitrogens is 2. The molecule has 0 bridgehead atoms. The Balaban J connectivity index is 1.24. The van der Waals surface area contributed by atoms with Crippen molar-refractivity contribution in [3.63, 3.8) is 0 Å². The number of fused-ring (bicyclic) bond motifs is 2. The summed E-state index contributed by atoms with van der Waals surface area (Å²) < 4.78 is 34.5. The molecule has 1 aliphatic rings. The first kappa shape index (κ1) is 18.4. The zero-order chi connectivity index (χ0) is 20.0. The van der Waals surface area contributed by atoms with Gasteiger partial charge < -0.3 is 9.64 Å². The summed E-state index contributed by atoms with van der Waals surface area (Å²) in [5.41, 5.74) is 3.44. The van der Waals surface area contributed by atoms with E-state index in [2.05, 4.69) is 9.97 Å². The number of nitrogens with zero attached hydrogens (tertiary/aromatic N) is 3. The van der Waals surface area contributed by atoms with Crippen LogP contribution >= 0.6 is 22.7 Å². The average molecular weight is 431 g/mol. The molecular formula is C20H15F2N3O2S2. The van der Waals surface area contributed by atoms with Gasteiger partial charge in [-0.05, 0) is 24.3 Å². The van der Waals surface area contributed by atoms with Crippen molar-refractivity contribution < 1.29 is 18.3 Å². The molecular weight excluding hydrogens is 416 g/mol. The van der Waals surface area contributed by atoms with Gasteiger partial charge in [-0.1, -0.05) is 11.3 Å². The zero-order valence-electron chi connectivity index (χ0n) is 15.1. The predicted molar refractivity (Wildman–Crippen MR) is 109 cm³/mol. The first-order valence-electron chi connectivity index (χ1n) is 9.11. The van der Waals surface area contributed by atoms with Gasteiger partial charge in [0.25, 0.3) is 11.1 Å². The first-order chi connectivity index (χ1) is 14.1. The van der Waals surface area contributed by atoms with E-state index in [1.165, 1.54) is 17.4 Å². The van der Waals surface area contributed by atoms with Crippen LogP contribution in [0.15, 0.2) is 35.8 Å². The Bertz CT molecular complexity index is 1220. The number of halogens is 2. The van der Waals surface area contributed by atoms with Crippen LogP contribution in [-0.2, 0) is 0 Å². The number of thiazole rings is 2. The van der Waals surface area contributed by atoms with E-state index < -0.39 is 11.6 Å². The van der Waals surface area contributed by atoms with Crippen molar-refractivity contribution in [3.05, 3.63) is 53.0 Å². The number of ether oxygens (including phenoxy) is 1. The zero-order valence-corrected chi connectivity index (χ0v) is 16.7. The number of rotatable bonds is 3. The molecule has 4 aromatic rings. The number of carbonyl (C=O) groups is 1. The van der Waals surface area contributed by atoms with E-state index in [9.17, 15) is 13.6 Å². The maximum absolute atomic E-state index is 13.8. The van der Waals surface area contributed by atoms with Crippen molar-refractivity contribution in [2.45, 2.75) is 18.9 Å². The van der Waals surface area contributed by atoms with Crippen LogP contribution in [0.25, 0.3) is 20.4 Å². The number of hydrogen-bond acceptors (Lipinski definition) is 6. The van der Waals surface area contributed by atoms with Crippen LogP contribution in [0.5, 0.6) is 5.19 Å². The molecule has 0 unspecified atom stereocenters. The molecule has 9 heteroatoms. The molecule has 0 N–H and O–H groups in total. The fourth-order valence-electron chi connectivity index (χ4n) is 3.48. The summed E-state index contributed by atoms with van der Waals surface area (Å²) in [6, 6.07) is 7.63. The van der Waals surface area contributed by atoms with Crippen molar-refractivity contribution in [1.82, 2.24) is 14.9 Å². The average Bonchev–Trinajstić information content (AvgIpc) is 3.34. The molecule has 3 heterocycles. The van der Waals surface area contributed by atoms with Gasteiger partial charge in [0.1, 0.15) is 17.4 Å². The second kappa shape index (κ2) is 7.31. The monoisotopic (exact) mass is 431 g/mol. The van der Waals surface area contributed by atoms with Crippen molar-refractivity contribution in [3.8, 4) is 5.19 Å². The number of hydrogen-bond donors (Lipinski definition) is 0. The van der Waals surface area contributed by atoms with Gasteiger partial charge in [0, 0.05) is 37.6 Å². The second-order valence-corrected chi connectivity index (χ2v) is 8.74. The van der Waals surface area contributed by atoms with E-state index in [0.29, 0.717) is 41.4 Å². The van der Waals surface area contributed by atoms with Gasteiger partial charge in [-0.2, -0.15) is 4.98 Å².